The predicted molar refractivity (Wildman–Crippen MR) is 79.0 cm³/mol. The molecule has 0 radical (unpaired) electrons. The van der Waals surface area contributed by atoms with Crippen LogP contribution < -0.4 is 0 Å². The van der Waals surface area contributed by atoms with Gasteiger partial charge in [-0.2, -0.15) is 0 Å². The number of rotatable bonds is 3. The molecular weight excluding hydrogens is 250 g/mol. The van der Waals surface area contributed by atoms with E-state index in [4.69, 9.17) is 0 Å². The summed E-state index contributed by atoms with van der Waals surface area (Å²) in [5.41, 5.74) is 1.68. The van der Waals surface area contributed by atoms with Crippen molar-refractivity contribution >= 4 is 11.8 Å². The highest BCUT2D eigenvalue weighted by Crippen LogP contribution is 2.32. The van der Waals surface area contributed by atoms with Crippen molar-refractivity contribution in [2.75, 3.05) is 6.54 Å². The number of nitrogens with zero attached hydrogens (tertiary/aromatic N) is 3. The molecule has 0 saturated carbocycles. The molecule has 1 unspecified atom stereocenters. The van der Waals surface area contributed by atoms with Crippen LogP contribution >= 0.6 is 0 Å². The van der Waals surface area contributed by atoms with Crippen molar-refractivity contribution in [1.29, 1.82) is 0 Å². The minimum atomic E-state index is 0.312. The van der Waals surface area contributed by atoms with Gasteiger partial charge in [0.2, 0.25) is 0 Å². The van der Waals surface area contributed by atoms with Crippen LogP contribution in [0.2, 0.25) is 0 Å². The number of carbonyl (C=O) groups excluding carboxylic acids is 1. The Balaban J connectivity index is 2.10. The zero-order valence-corrected chi connectivity index (χ0v) is 12.1. The molecule has 1 saturated heterocycles. The predicted octanol–water partition coefficient (Wildman–Crippen LogP) is 3.08. The molecule has 3 heterocycles. The van der Waals surface area contributed by atoms with Crippen LogP contribution in [0.5, 0.6) is 0 Å². The van der Waals surface area contributed by atoms with Crippen molar-refractivity contribution < 1.29 is 4.79 Å². The van der Waals surface area contributed by atoms with Gasteiger partial charge in [-0.15, -0.1) is 0 Å². The molecule has 20 heavy (non-hydrogen) atoms. The van der Waals surface area contributed by atoms with Crippen LogP contribution in [0.1, 0.15) is 55.5 Å². The van der Waals surface area contributed by atoms with Gasteiger partial charge in [0.1, 0.15) is 5.82 Å². The quantitative estimate of drug-likeness (QED) is 0.805. The molecule has 3 rings (SSSR count). The van der Waals surface area contributed by atoms with Crippen molar-refractivity contribution in [3.8, 4) is 0 Å². The number of aldehydes is 1. The Morgan fingerprint density at radius 2 is 2.20 bits per heavy atom. The van der Waals surface area contributed by atoms with Gasteiger partial charge in [0.05, 0.1) is 23.4 Å². The number of carbonyl (C=O) groups is 1. The Hall–Kier alpha value is -1.68. The molecule has 1 aliphatic heterocycles. The second-order valence-electron chi connectivity index (χ2n) is 5.79. The molecule has 4 nitrogen and oxygen atoms in total. The molecule has 0 aromatic carbocycles. The monoisotopic (exact) mass is 271 g/mol. The van der Waals surface area contributed by atoms with Gasteiger partial charge in [-0.1, -0.05) is 12.5 Å². The number of hydrogen-bond acceptors (Lipinski definition) is 3. The maximum Gasteiger partial charge on any atom is 0.166 e. The summed E-state index contributed by atoms with van der Waals surface area (Å²) in [6.07, 6.45) is 6.38. The minimum Gasteiger partial charge on any atom is -0.296 e. The third-order valence-corrected chi connectivity index (χ3v) is 4.23. The summed E-state index contributed by atoms with van der Waals surface area (Å²) >= 11 is 0. The molecule has 106 valence electrons. The first-order valence-electron chi connectivity index (χ1n) is 7.39. The molecule has 4 heteroatoms. The normalized spacial score (nSPS) is 20.6. The highest BCUT2D eigenvalue weighted by Gasteiger charge is 2.29. The number of hydrogen-bond donors (Lipinski definition) is 0. The zero-order valence-electron chi connectivity index (χ0n) is 12.1. The van der Waals surface area contributed by atoms with Crippen molar-refractivity contribution in [3.05, 3.63) is 35.9 Å². The van der Waals surface area contributed by atoms with Gasteiger partial charge in [-0.3, -0.25) is 14.1 Å². The van der Waals surface area contributed by atoms with Crippen molar-refractivity contribution in [1.82, 2.24) is 14.3 Å². The van der Waals surface area contributed by atoms with E-state index in [1.165, 1.54) is 12.8 Å². The smallest absolute Gasteiger partial charge is 0.166 e. The lowest BCUT2D eigenvalue weighted by molar-refractivity contribution is 0.105. The summed E-state index contributed by atoms with van der Waals surface area (Å²) in [6, 6.07) is 6.58. The summed E-state index contributed by atoms with van der Waals surface area (Å²) in [5, 5.41) is 0. The van der Waals surface area contributed by atoms with Gasteiger partial charge in [0.25, 0.3) is 0 Å². The topological polar surface area (TPSA) is 37.6 Å². The molecule has 0 amide bonds. The van der Waals surface area contributed by atoms with Gasteiger partial charge in [-0.25, -0.2) is 4.98 Å². The lowest BCUT2D eigenvalue weighted by atomic mass is 9.99. The molecule has 2 aromatic heterocycles. The van der Waals surface area contributed by atoms with E-state index in [1.807, 2.05) is 28.8 Å². The maximum atomic E-state index is 11.3. The van der Waals surface area contributed by atoms with E-state index in [-0.39, 0.29) is 0 Å². The highest BCUT2D eigenvalue weighted by molar-refractivity contribution is 5.74. The van der Waals surface area contributed by atoms with E-state index in [0.717, 1.165) is 30.6 Å². The average molecular weight is 271 g/mol. The van der Waals surface area contributed by atoms with Crippen LogP contribution in [0.25, 0.3) is 5.52 Å². The summed E-state index contributed by atoms with van der Waals surface area (Å²) in [7, 11) is 0. The van der Waals surface area contributed by atoms with E-state index >= 15 is 0 Å². The van der Waals surface area contributed by atoms with Crippen LogP contribution in [0.3, 0.4) is 0 Å². The maximum absolute atomic E-state index is 11.3. The van der Waals surface area contributed by atoms with Crippen molar-refractivity contribution in [3.63, 3.8) is 0 Å². The number of imidazole rings is 1. The average Bonchev–Trinajstić information content (AvgIpc) is 2.91. The Morgan fingerprint density at radius 3 is 2.95 bits per heavy atom. The molecule has 0 N–H and O–H groups in total. The van der Waals surface area contributed by atoms with Crippen LogP contribution in [0.4, 0.5) is 0 Å². The SMILES string of the molecule is CC(C)N1CCCCC1c1ncc2cccc(C=O)n12. The molecule has 1 fully saturated rings. The van der Waals surface area contributed by atoms with E-state index in [2.05, 4.69) is 23.7 Å². The molecule has 0 spiro atoms. The third-order valence-electron chi connectivity index (χ3n) is 4.23. The first kappa shape index (κ1) is 13.3. The molecule has 0 aliphatic carbocycles. The fourth-order valence-corrected chi connectivity index (χ4v) is 3.28. The van der Waals surface area contributed by atoms with Gasteiger partial charge >= 0.3 is 0 Å². The number of piperidine rings is 1. The first-order chi connectivity index (χ1) is 9.72. The summed E-state index contributed by atoms with van der Waals surface area (Å²) in [4.78, 5) is 18.4. The second kappa shape index (κ2) is 5.37. The Labute approximate surface area is 119 Å². The fourth-order valence-electron chi connectivity index (χ4n) is 3.28. The van der Waals surface area contributed by atoms with E-state index in [9.17, 15) is 4.79 Å². The van der Waals surface area contributed by atoms with Crippen LogP contribution in [-0.4, -0.2) is 33.2 Å². The van der Waals surface area contributed by atoms with E-state index < -0.39 is 0 Å². The van der Waals surface area contributed by atoms with Gasteiger partial charge in [0, 0.05) is 6.04 Å². The highest BCUT2D eigenvalue weighted by atomic mass is 16.1. The number of likely N-dealkylation sites (tertiary alicyclic amines) is 1. The van der Waals surface area contributed by atoms with Crippen LogP contribution in [0.15, 0.2) is 24.4 Å². The van der Waals surface area contributed by atoms with Crippen molar-refractivity contribution in [2.45, 2.75) is 45.2 Å². The van der Waals surface area contributed by atoms with Gasteiger partial charge < -0.3 is 0 Å². The lowest BCUT2D eigenvalue weighted by Crippen LogP contribution is -2.39. The Kier molecular flexibility index (Phi) is 3.57. The largest absolute Gasteiger partial charge is 0.296 e. The summed E-state index contributed by atoms with van der Waals surface area (Å²) in [5.74, 6) is 1.01. The fraction of sp³-hybridized carbons (Fsp3) is 0.500. The van der Waals surface area contributed by atoms with Crippen LogP contribution in [0, 0.1) is 0 Å². The Morgan fingerprint density at radius 1 is 1.35 bits per heavy atom. The minimum absolute atomic E-state index is 0.312. The Bertz CT molecular complexity index is 617. The second-order valence-corrected chi connectivity index (χ2v) is 5.79. The van der Waals surface area contributed by atoms with Crippen molar-refractivity contribution in [2.24, 2.45) is 0 Å². The molecular formula is C16H21N3O. The summed E-state index contributed by atoms with van der Waals surface area (Å²) < 4.78 is 2.01. The zero-order chi connectivity index (χ0) is 14.1. The van der Waals surface area contributed by atoms with Crippen LogP contribution in [-0.2, 0) is 0 Å². The molecule has 1 aliphatic rings. The number of pyridine rings is 1. The molecule has 1 atom stereocenters. The summed E-state index contributed by atoms with van der Waals surface area (Å²) in [6.45, 7) is 5.57. The van der Waals surface area contributed by atoms with Gasteiger partial charge in [0.15, 0.2) is 6.29 Å². The molecule has 2 aromatic rings. The van der Waals surface area contributed by atoms with E-state index in [0.29, 0.717) is 17.8 Å². The lowest BCUT2D eigenvalue weighted by Gasteiger charge is -2.37. The standard InChI is InChI=1S/C16H21N3O/c1-12(2)18-9-4-3-8-15(18)16-17-10-13-6-5-7-14(11-20)19(13)16/h5-7,10-12,15H,3-4,8-9H2,1-2H3. The molecule has 0 bridgehead atoms. The van der Waals surface area contributed by atoms with Gasteiger partial charge in [-0.05, 0) is 45.4 Å². The van der Waals surface area contributed by atoms with E-state index in [1.54, 1.807) is 0 Å². The number of aromatic nitrogens is 2. The number of fused-ring (bicyclic) bond motifs is 1. The first-order valence-corrected chi connectivity index (χ1v) is 7.39. The third kappa shape index (κ3) is 2.14.